The van der Waals surface area contributed by atoms with Gasteiger partial charge >= 0.3 is 0 Å². The zero-order chi connectivity index (χ0) is 26.0. The van der Waals surface area contributed by atoms with Gasteiger partial charge < -0.3 is 37.9 Å². The molecule has 3 saturated heterocycles. The SMILES string of the molecule is CO[C@H]1O[C@@H]2CO[C@@H](c3ccccc3)O[C@H]2[C@@H]2OCCOCCN(Cc3ccccc3)CCOCCO[C@@H]12. The molecule has 2 aromatic carbocycles. The maximum atomic E-state index is 6.41. The Hall–Kier alpha value is -1.92. The number of hydrogen-bond donors (Lipinski definition) is 0. The highest BCUT2D eigenvalue weighted by Gasteiger charge is 2.51. The molecule has 0 radical (unpaired) electrons. The Bertz CT molecular complexity index is 935. The van der Waals surface area contributed by atoms with Gasteiger partial charge in [0, 0.05) is 32.3 Å². The van der Waals surface area contributed by atoms with Gasteiger partial charge in [0.15, 0.2) is 12.6 Å². The van der Waals surface area contributed by atoms with E-state index in [1.54, 1.807) is 7.11 Å². The molecule has 0 spiro atoms. The van der Waals surface area contributed by atoms with Crippen molar-refractivity contribution in [1.29, 1.82) is 0 Å². The summed E-state index contributed by atoms with van der Waals surface area (Å²) in [5.74, 6) is 0. The molecule has 3 fully saturated rings. The summed E-state index contributed by atoms with van der Waals surface area (Å²) >= 11 is 0. The number of methoxy groups -OCH3 is 1. The average Bonchev–Trinajstić information content (AvgIpc) is 2.97. The molecule has 2 aromatic rings. The van der Waals surface area contributed by atoms with Crippen LogP contribution in [0.25, 0.3) is 0 Å². The zero-order valence-electron chi connectivity index (χ0n) is 22.0. The number of ether oxygens (including phenoxy) is 8. The van der Waals surface area contributed by atoms with Gasteiger partial charge in [-0.3, -0.25) is 4.90 Å². The van der Waals surface area contributed by atoms with Crippen LogP contribution in [0, 0.1) is 0 Å². The van der Waals surface area contributed by atoms with Crippen LogP contribution in [0.1, 0.15) is 17.4 Å². The Labute approximate surface area is 224 Å². The van der Waals surface area contributed by atoms with Crippen LogP contribution in [-0.2, 0) is 44.4 Å². The van der Waals surface area contributed by atoms with Crippen LogP contribution < -0.4 is 0 Å². The summed E-state index contributed by atoms with van der Waals surface area (Å²) in [5.41, 5.74) is 2.22. The van der Waals surface area contributed by atoms with Crippen molar-refractivity contribution in [3.8, 4) is 0 Å². The molecule has 5 rings (SSSR count). The van der Waals surface area contributed by atoms with Crippen molar-refractivity contribution in [2.45, 2.75) is 43.5 Å². The number of benzene rings is 2. The van der Waals surface area contributed by atoms with E-state index in [0.29, 0.717) is 46.2 Å². The molecule has 9 heteroatoms. The van der Waals surface area contributed by atoms with Crippen molar-refractivity contribution in [2.75, 3.05) is 66.4 Å². The summed E-state index contributed by atoms with van der Waals surface area (Å²) in [5, 5.41) is 0. The van der Waals surface area contributed by atoms with Crippen molar-refractivity contribution in [1.82, 2.24) is 4.90 Å². The molecular weight excluding hydrogens is 490 g/mol. The first-order valence-corrected chi connectivity index (χ1v) is 13.5. The summed E-state index contributed by atoms with van der Waals surface area (Å²) in [6.07, 6.45) is -2.74. The maximum absolute atomic E-state index is 6.41. The Kier molecular flexibility index (Phi) is 10.5. The molecule has 0 saturated carbocycles. The van der Waals surface area contributed by atoms with E-state index < -0.39 is 24.8 Å². The van der Waals surface area contributed by atoms with Gasteiger partial charge in [0.05, 0.1) is 46.2 Å². The quantitative estimate of drug-likeness (QED) is 0.594. The van der Waals surface area contributed by atoms with Crippen molar-refractivity contribution < 1.29 is 37.9 Å². The van der Waals surface area contributed by atoms with Gasteiger partial charge in [0.1, 0.15) is 24.4 Å². The van der Waals surface area contributed by atoms with Gasteiger partial charge in [-0.05, 0) is 5.56 Å². The minimum absolute atomic E-state index is 0.337. The van der Waals surface area contributed by atoms with Crippen molar-refractivity contribution in [3.05, 3.63) is 71.8 Å². The number of fused-ring (bicyclic) bond motifs is 3. The Morgan fingerprint density at radius 3 is 2.05 bits per heavy atom. The smallest absolute Gasteiger partial charge is 0.186 e. The van der Waals surface area contributed by atoms with E-state index in [1.807, 2.05) is 36.4 Å². The van der Waals surface area contributed by atoms with E-state index >= 15 is 0 Å². The highest BCUT2D eigenvalue weighted by molar-refractivity contribution is 5.17. The molecule has 0 bridgehead atoms. The summed E-state index contributed by atoms with van der Waals surface area (Å²) in [6.45, 7) is 5.77. The molecule has 3 aliphatic rings. The van der Waals surface area contributed by atoms with Gasteiger partial charge in [-0.2, -0.15) is 0 Å². The minimum Gasteiger partial charge on any atom is -0.378 e. The lowest BCUT2D eigenvalue weighted by atomic mass is 9.97. The van der Waals surface area contributed by atoms with Gasteiger partial charge in [-0.25, -0.2) is 0 Å². The van der Waals surface area contributed by atoms with Crippen LogP contribution in [-0.4, -0.2) is 102 Å². The van der Waals surface area contributed by atoms with Gasteiger partial charge in [-0.1, -0.05) is 60.7 Å². The largest absolute Gasteiger partial charge is 0.378 e. The van der Waals surface area contributed by atoms with Crippen LogP contribution in [0.2, 0.25) is 0 Å². The molecule has 38 heavy (non-hydrogen) atoms. The summed E-state index contributed by atoms with van der Waals surface area (Å²) < 4.78 is 48.8. The van der Waals surface area contributed by atoms with Crippen LogP contribution >= 0.6 is 0 Å². The zero-order valence-corrected chi connectivity index (χ0v) is 22.0. The molecule has 0 N–H and O–H groups in total. The number of hydrogen-bond acceptors (Lipinski definition) is 9. The average molecular weight is 530 g/mol. The first kappa shape index (κ1) is 27.6. The topological polar surface area (TPSA) is 77.1 Å². The van der Waals surface area contributed by atoms with Crippen LogP contribution in [0.15, 0.2) is 60.7 Å². The second-order valence-corrected chi connectivity index (χ2v) is 9.61. The third-order valence-electron chi connectivity index (χ3n) is 7.02. The third kappa shape index (κ3) is 7.38. The van der Waals surface area contributed by atoms with Crippen molar-refractivity contribution in [3.63, 3.8) is 0 Å². The lowest BCUT2D eigenvalue weighted by Crippen LogP contribution is -2.63. The van der Waals surface area contributed by atoms with E-state index in [2.05, 4.69) is 29.2 Å². The third-order valence-corrected chi connectivity index (χ3v) is 7.02. The highest BCUT2D eigenvalue weighted by Crippen LogP contribution is 2.36. The monoisotopic (exact) mass is 529 g/mol. The molecule has 0 aliphatic carbocycles. The van der Waals surface area contributed by atoms with E-state index in [-0.39, 0.29) is 12.2 Å². The molecule has 0 unspecified atom stereocenters. The van der Waals surface area contributed by atoms with Gasteiger partial charge in [0.2, 0.25) is 0 Å². The van der Waals surface area contributed by atoms with Crippen LogP contribution in [0.5, 0.6) is 0 Å². The fourth-order valence-electron chi connectivity index (χ4n) is 5.07. The molecule has 6 atom stereocenters. The number of rotatable bonds is 4. The second kappa shape index (κ2) is 14.5. The second-order valence-electron chi connectivity index (χ2n) is 9.61. The molecule has 0 aromatic heterocycles. The molecule has 9 nitrogen and oxygen atoms in total. The minimum atomic E-state index is -0.611. The fraction of sp³-hybridized carbons (Fsp3) is 0.586. The first-order chi connectivity index (χ1) is 18.8. The van der Waals surface area contributed by atoms with E-state index in [1.165, 1.54) is 5.56 Å². The van der Waals surface area contributed by atoms with Crippen LogP contribution in [0.4, 0.5) is 0 Å². The highest BCUT2D eigenvalue weighted by atomic mass is 16.8. The van der Waals surface area contributed by atoms with Crippen molar-refractivity contribution >= 4 is 0 Å². The summed E-state index contributed by atoms with van der Waals surface area (Å²) in [4.78, 5) is 2.34. The molecule has 208 valence electrons. The predicted octanol–water partition coefficient (Wildman–Crippen LogP) is 2.79. The Balaban J connectivity index is 1.23. The van der Waals surface area contributed by atoms with Gasteiger partial charge in [-0.15, -0.1) is 0 Å². The lowest BCUT2D eigenvalue weighted by Gasteiger charge is -2.48. The summed E-state index contributed by atoms with van der Waals surface area (Å²) in [6, 6.07) is 20.3. The number of nitrogens with zero attached hydrogens (tertiary/aromatic N) is 1. The Morgan fingerprint density at radius 1 is 0.711 bits per heavy atom. The standard InChI is InChI=1S/C29H39NO8/c1-31-29-27-26(25-24(37-29)21-36-28(38-25)23-10-6-3-7-11-23)34-18-16-32-14-12-30(13-15-33-17-19-35-27)20-22-8-4-2-5-9-22/h2-11,24-29H,12-21H2,1H3/t24-,25-,26+,27-,28-,29+/m1/s1. The van der Waals surface area contributed by atoms with Crippen molar-refractivity contribution in [2.24, 2.45) is 0 Å². The predicted molar refractivity (Wildman–Crippen MR) is 139 cm³/mol. The molecule has 0 amide bonds. The van der Waals surface area contributed by atoms with E-state index in [9.17, 15) is 0 Å². The van der Waals surface area contributed by atoms with E-state index in [0.717, 1.165) is 25.2 Å². The molecule has 3 heterocycles. The van der Waals surface area contributed by atoms with Gasteiger partial charge in [0.25, 0.3) is 0 Å². The maximum Gasteiger partial charge on any atom is 0.186 e. The fourth-order valence-corrected chi connectivity index (χ4v) is 5.07. The lowest BCUT2D eigenvalue weighted by molar-refractivity contribution is -0.368. The first-order valence-electron chi connectivity index (χ1n) is 13.5. The van der Waals surface area contributed by atoms with Crippen LogP contribution in [0.3, 0.4) is 0 Å². The molecule has 3 aliphatic heterocycles. The molecular formula is C29H39NO8. The van der Waals surface area contributed by atoms with E-state index in [4.69, 9.17) is 37.9 Å². The Morgan fingerprint density at radius 2 is 1.37 bits per heavy atom. The normalized spacial score (nSPS) is 32.3. The summed E-state index contributed by atoms with van der Waals surface area (Å²) in [7, 11) is 1.61.